The van der Waals surface area contributed by atoms with E-state index >= 15 is 0 Å². The summed E-state index contributed by atoms with van der Waals surface area (Å²) in [6, 6.07) is 3.62. The number of hydrogen-bond acceptors (Lipinski definition) is 3. The second-order valence-corrected chi connectivity index (χ2v) is 7.25. The Bertz CT molecular complexity index is 899. The Morgan fingerprint density at radius 1 is 1.39 bits per heavy atom. The van der Waals surface area contributed by atoms with E-state index in [4.69, 9.17) is 11.6 Å². The maximum absolute atomic E-state index is 13.1. The first-order chi connectivity index (χ1) is 13.1. The molecule has 0 spiro atoms. The molecule has 1 aromatic carbocycles. The van der Waals surface area contributed by atoms with Gasteiger partial charge in [-0.3, -0.25) is 9.48 Å². The number of hydrogen-bond donors (Lipinski definition) is 1. The van der Waals surface area contributed by atoms with E-state index in [2.05, 4.69) is 31.1 Å². The first kappa shape index (κ1) is 20.8. The second-order valence-electron chi connectivity index (χ2n) is 6.05. The lowest BCUT2D eigenvalue weighted by Gasteiger charge is -2.11. The maximum atomic E-state index is 13.1. The van der Waals surface area contributed by atoms with Gasteiger partial charge in [-0.1, -0.05) is 11.6 Å². The molecular formula is C16H12BrClF5N3O2. The molecule has 1 N–H and O–H groups in total. The molecule has 1 saturated carbocycles. The molecule has 1 fully saturated rings. The van der Waals surface area contributed by atoms with E-state index in [0.29, 0.717) is 18.5 Å². The molecule has 1 heterocycles. The van der Waals surface area contributed by atoms with Crippen molar-refractivity contribution in [3.63, 3.8) is 0 Å². The number of halogens is 7. The van der Waals surface area contributed by atoms with Gasteiger partial charge in [-0.05, 0) is 47.0 Å². The van der Waals surface area contributed by atoms with Gasteiger partial charge in [0.1, 0.15) is 12.3 Å². The van der Waals surface area contributed by atoms with Crippen molar-refractivity contribution in [2.45, 2.75) is 38.1 Å². The van der Waals surface area contributed by atoms with Crippen LogP contribution in [-0.2, 0) is 17.5 Å². The average Bonchev–Trinajstić information content (AvgIpc) is 3.33. The summed E-state index contributed by atoms with van der Waals surface area (Å²) in [6.45, 7) is -3.51. The highest BCUT2D eigenvalue weighted by Gasteiger charge is 2.41. The standard InChI is InChI=1S/C16H12BrClF5N3O2/c17-12-13(7-1-2-7)26(25-14(12)16(21,22)23)6-11(27)24-8-3-4-10(9(18)5-8)28-15(19)20/h3-5,7,15H,1-2,6H2,(H,24,27). The smallest absolute Gasteiger partial charge is 0.433 e. The minimum absolute atomic E-state index is 0.0917. The lowest BCUT2D eigenvalue weighted by molar-refractivity contribution is -0.142. The molecule has 0 radical (unpaired) electrons. The van der Waals surface area contributed by atoms with E-state index in [1.165, 1.54) is 12.1 Å². The molecule has 152 valence electrons. The average molecular weight is 489 g/mol. The summed E-state index contributed by atoms with van der Waals surface area (Å²) >= 11 is 8.75. The number of amides is 1. The molecule has 1 aromatic heterocycles. The van der Waals surface area contributed by atoms with Crippen LogP contribution in [0.15, 0.2) is 22.7 Å². The topological polar surface area (TPSA) is 56.2 Å². The third kappa shape index (κ3) is 4.75. The van der Waals surface area contributed by atoms with Crippen LogP contribution in [0.4, 0.5) is 27.6 Å². The highest BCUT2D eigenvalue weighted by atomic mass is 79.9. The van der Waals surface area contributed by atoms with Gasteiger partial charge in [-0.25, -0.2) is 0 Å². The minimum Gasteiger partial charge on any atom is -0.433 e. The van der Waals surface area contributed by atoms with Gasteiger partial charge >= 0.3 is 12.8 Å². The van der Waals surface area contributed by atoms with Gasteiger partial charge in [0.25, 0.3) is 0 Å². The summed E-state index contributed by atoms with van der Waals surface area (Å²) in [7, 11) is 0. The van der Waals surface area contributed by atoms with Gasteiger partial charge in [-0.2, -0.15) is 27.1 Å². The summed E-state index contributed by atoms with van der Waals surface area (Å²) in [5.74, 6) is -1.01. The number of nitrogens with one attached hydrogen (secondary N) is 1. The number of benzene rings is 1. The van der Waals surface area contributed by atoms with Gasteiger partial charge < -0.3 is 10.1 Å². The molecule has 5 nitrogen and oxygen atoms in total. The summed E-state index contributed by atoms with van der Waals surface area (Å²) in [6.07, 6.45) is -3.23. The zero-order valence-corrected chi connectivity index (χ0v) is 16.2. The van der Waals surface area contributed by atoms with Gasteiger partial charge in [0, 0.05) is 11.6 Å². The third-order valence-electron chi connectivity index (χ3n) is 3.89. The molecule has 2 aromatic rings. The van der Waals surface area contributed by atoms with E-state index in [1.54, 1.807) is 0 Å². The molecule has 28 heavy (non-hydrogen) atoms. The van der Waals surface area contributed by atoms with Crippen LogP contribution in [-0.4, -0.2) is 22.3 Å². The largest absolute Gasteiger partial charge is 0.436 e. The van der Waals surface area contributed by atoms with Crippen molar-refractivity contribution in [3.05, 3.63) is 39.1 Å². The fourth-order valence-corrected chi connectivity index (χ4v) is 3.67. The molecule has 0 atom stereocenters. The van der Waals surface area contributed by atoms with Crippen molar-refractivity contribution in [1.82, 2.24) is 9.78 Å². The van der Waals surface area contributed by atoms with E-state index < -0.39 is 30.9 Å². The van der Waals surface area contributed by atoms with Crippen molar-refractivity contribution < 1.29 is 31.5 Å². The SMILES string of the molecule is O=C(Cn1nc(C(F)(F)F)c(Br)c1C1CC1)Nc1ccc(OC(F)F)c(Cl)c1. The second kappa shape index (κ2) is 7.86. The summed E-state index contributed by atoms with van der Waals surface area (Å²) in [5, 5.41) is 5.83. The van der Waals surface area contributed by atoms with Crippen molar-refractivity contribution in [1.29, 1.82) is 0 Å². The number of ether oxygens (including phenoxy) is 1. The Labute approximate surface area is 168 Å². The van der Waals surface area contributed by atoms with Crippen LogP contribution < -0.4 is 10.1 Å². The van der Waals surface area contributed by atoms with Crippen LogP contribution in [0.3, 0.4) is 0 Å². The highest BCUT2D eigenvalue weighted by Crippen LogP contribution is 2.47. The van der Waals surface area contributed by atoms with Gasteiger partial charge in [0.2, 0.25) is 5.91 Å². The molecule has 1 amide bonds. The molecule has 0 saturated heterocycles. The Morgan fingerprint density at radius 3 is 2.61 bits per heavy atom. The number of alkyl halides is 5. The van der Waals surface area contributed by atoms with Gasteiger partial charge in [-0.15, -0.1) is 0 Å². The summed E-state index contributed by atoms with van der Waals surface area (Å²) in [4.78, 5) is 12.3. The number of rotatable bonds is 6. The Hall–Kier alpha value is -1.88. The fraction of sp³-hybridized carbons (Fsp3) is 0.375. The van der Waals surface area contributed by atoms with Crippen LogP contribution in [0.5, 0.6) is 5.75 Å². The Kier molecular flexibility index (Phi) is 5.85. The van der Waals surface area contributed by atoms with E-state index in [-0.39, 0.29) is 26.9 Å². The van der Waals surface area contributed by atoms with E-state index in [0.717, 1.165) is 10.7 Å². The first-order valence-corrected chi connectivity index (χ1v) is 9.11. The normalized spacial score (nSPS) is 14.4. The first-order valence-electron chi connectivity index (χ1n) is 7.94. The van der Waals surface area contributed by atoms with Crippen LogP contribution in [0.1, 0.15) is 30.1 Å². The number of aromatic nitrogens is 2. The minimum atomic E-state index is -4.65. The third-order valence-corrected chi connectivity index (χ3v) is 4.97. The lowest BCUT2D eigenvalue weighted by atomic mass is 10.2. The maximum Gasteiger partial charge on any atom is 0.436 e. The predicted molar refractivity (Wildman–Crippen MR) is 93.6 cm³/mol. The summed E-state index contributed by atoms with van der Waals surface area (Å²) in [5.41, 5.74) is -0.591. The van der Waals surface area contributed by atoms with Crippen LogP contribution in [0.25, 0.3) is 0 Å². The Balaban J connectivity index is 1.76. The monoisotopic (exact) mass is 487 g/mol. The Morgan fingerprint density at radius 2 is 2.07 bits per heavy atom. The van der Waals surface area contributed by atoms with Crippen LogP contribution in [0, 0.1) is 0 Å². The molecule has 0 bridgehead atoms. The molecule has 3 rings (SSSR count). The molecule has 12 heteroatoms. The van der Waals surface area contributed by atoms with E-state index in [9.17, 15) is 26.7 Å². The van der Waals surface area contributed by atoms with Crippen LogP contribution >= 0.6 is 27.5 Å². The lowest BCUT2D eigenvalue weighted by Crippen LogP contribution is -2.21. The van der Waals surface area contributed by atoms with Crippen LogP contribution in [0.2, 0.25) is 5.02 Å². The van der Waals surface area contributed by atoms with Crippen molar-refractivity contribution in [2.75, 3.05) is 5.32 Å². The number of anilines is 1. The number of carbonyl (C=O) groups is 1. The molecule has 0 unspecified atom stereocenters. The summed E-state index contributed by atoms with van der Waals surface area (Å²) < 4.78 is 68.8. The molecular weight excluding hydrogens is 477 g/mol. The quantitative estimate of drug-likeness (QED) is 0.551. The highest BCUT2D eigenvalue weighted by molar-refractivity contribution is 9.10. The van der Waals surface area contributed by atoms with Gasteiger partial charge in [0.15, 0.2) is 5.69 Å². The number of carbonyl (C=O) groups excluding carboxylic acids is 1. The number of nitrogens with zero attached hydrogens (tertiary/aromatic N) is 2. The van der Waals surface area contributed by atoms with Gasteiger partial charge in [0.05, 0.1) is 15.2 Å². The van der Waals surface area contributed by atoms with Crippen molar-refractivity contribution in [3.8, 4) is 5.75 Å². The van der Waals surface area contributed by atoms with Crippen molar-refractivity contribution in [2.24, 2.45) is 0 Å². The molecule has 1 aliphatic carbocycles. The molecule has 0 aliphatic heterocycles. The predicted octanol–water partition coefficient (Wildman–Crippen LogP) is 5.44. The zero-order valence-electron chi connectivity index (χ0n) is 13.9. The van der Waals surface area contributed by atoms with Crippen molar-refractivity contribution >= 4 is 39.1 Å². The van der Waals surface area contributed by atoms with E-state index in [1.807, 2.05) is 0 Å². The fourth-order valence-electron chi connectivity index (χ4n) is 2.61. The zero-order chi connectivity index (χ0) is 20.6. The molecule has 1 aliphatic rings.